The lowest BCUT2D eigenvalue weighted by atomic mass is 10.1. The monoisotopic (exact) mass is 262 g/mol. The fourth-order valence-electron chi connectivity index (χ4n) is 1.64. The molecule has 0 saturated carbocycles. The van der Waals surface area contributed by atoms with Gasteiger partial charge in [-0.3, -0.25) is 0 Å². The summed E-state index contributed by atoms with van der Waals surface area (Å²) in [4.78, 5) is 10.6. The highest BCUT2D eigenvalue weighted by Crippen LogP contribution is 2.13. The molecule has 0 radical (unpaired) electrons. The number of ether oxygens (including phenoxy) is 3. The number of unbranched alkanes of at least 4 members (excludes halogenated alkanes) is 1. The van der Waals surface area contributed by atoms with E-state index in [0.29, 0.717) is 13.0 Å². The first-order chi connectivity index (χ1) is 8.54. The second-order valence-electron chi connectivity index (χ2n) is 4.37. The molecule has 0 saturated heterocycles. The Morgan fingerprint density at radius 3 is 2.44 bits per heavy atom. The van der Waals surface area contributed by atoms with Gasteiger partial charge < -0.3 is 19.3 Å². The van der Waals surface area contributed by atoms with Crippen LogP contribution in [0.4, 0.5) is 4.79 Å². The van der Waals surface area contributed by atoms with Crippen LogP contribution < -0.4 is 0 Å². The molecule has 0 bridgehead atoms. The largest absolute Gasteiger partial charge is 0.506 e. The van der Waals surface area contributed by atoms with Gasteiger partial charge in [-0.25, -0.2) is 4.79 Å². The minimum atomic E-state index is -1.25. The summed E-state index contributed by atoms with van der Waals surface area (Å²) in [7, 11) is 1.64. The Bertz CT molecular complexity index is 215. The summed E-state index contributed by atoms with van der Waals surface area (Å²) in [5.74, 6) is 0. The second-order valence-corrected chi connectivity index (χ2v) is 4.37. The van der Waals surface area contributed by atoms with E-state index in [4.69, 9.17) is 19.3 Å². The lowest BCUT2D eigenvalue weighted by Gasteiger charge is -2.24. The maximum atomic E-state index is 10.6. The molecule has 0 rings (SSSR count). The zero-order valence-corrected chi connectivity index (χ0v) is 11.8. The lowest BCUT2D eigenvalue weighted by molar-refractivity contribution is -0.0797. The Labute approximate surface area is 109 Å². The van der Waals surface area contributed by atoms with Crippen molar-refractivity contribution in [3.63, 3.8) is 0 Å². The van der Waals surface area contributed by atoms with Gasteiger partial charge >= 0.3 is 6.16 Å². The fraction of sp³-hybridized carbons (Fsp3) is 0.923. The van der Waals surface area contributed by atoms with E-state index >= 15 is 0 Å². The first kappa shape index (κ1) is 17.2. The van der Waals surface area contributed by atoms with Gasteiger partial charge in [0.1, 0.15) is 6.10 Å². The molecule has 18 heavy (non-hydrogen) atoms. The molecule has 0 fully saturated rings. The Kier molecular flexibility index (Phi) is 9.69. The molecule has 5 nitrogen and oxygen atoms in total. The average Bonchev–Trinajstić information content (AvgIpc) is 2.35. The molecule has 0 aromatic rings. The van der Waals surface area contributed by atoms with Gasteiger partial charge in [-0.05, 0) is 26.2 Å². The SMILES string of the molecule is CCCCC(OC(=O)O)C(C)OCC(CC)OC. The second kappa shape index (κ2) is 10.1. The van der Waals surface area contributed by atoms with Crippen molar-refractivity contribution in [2.45, 2.75) is 64.8 Å². The summed E-state index contributed by atoms with van der Waals surface area (Å²) in [5, 5.41) is 8.70. The molecule has 0 aliphatic carbocycles. The van der Waals surface area contributed by atoms with Gasteiger partial charge in [0.15, 0.2) is 0 Å². The molecule has 0 aliphatic heterocycles. The molecule has 3 atom stereocenters. The van der Waals surface area contributed by atoms with Gasteiger partial charge in [-0.2, -0.15) is 0 Å². The number of rotatable bonds is 10. The van der Waals surface area contributed by atoms with Crippen molar-refractivity contribution in [2.75, 3.05) is 13.7 Å². The Balaban J connectivity index is 4.17. The van der Waals surface area contributed by atoms with Gasteiger partial charge in [-0.1, -0.05) is 20.3 Å². The highest BCUT2D eigenvalue weighted by Gasteiger charge is 2.22. The van der Waals surface area contributed by atoms with E-state index in [1.54, 1.807) is 7.11 Å². The minimum Gasteiger partial charge on any atom is -0.450 e. The van der Waals surface area contributed by atoms with Gasteiger partial charge in [-0.15, -0.1) is 0 Å². The van der Waals surface area contributed by atoms with Crippen molar-refractivity contribution in [2.24, 2.45) is 0 Å². The van der Waals surface area contributed by atoms with E-state index in [9.17, 15) is 4.79 Å². The summed E-state index contributed by atoms with van der Waals surface area (Å²) >= 11 is 0. The van der Waals surface area contributed by atoms with Crippen LogP contribution in [0.5, 0.6) is 0 Å². The van der Waals surface area contributed by atoms with E-state index in [0.717, 1.165) is 19.3 Å². The van der Waals surface area contributed by atoms with Gasteiger partial charge in [0.25, 0.3) is 0 Å². The average molecular weight is 262 g/mol. The summed E-state index contributed by atoms with van der Waals surface area (Å²) in [6, 6.07) is 0. The Morgan fingerprint density at radius 2 is 2.00 bits per heavy atom. The summed E-state index contributed by atoms with van der Waals surface area (Å²) in [6.45, 7) is 6.37. The zero-order valence-electron chi connectivity index (χ0n) is 11.8. The van der Waals surface area contributed by atoms with Crippen molar-refractivity contribution in [1.82, 2.24) is 0 Å². The number of methoxy groups -OCH3 is 1. The molecule has 0 heterocycles. The number of hydrogen-bond donors (Lipinski definition) is 1. The summed E-state index contributed by atoms with van der Waals surface area (Å²) < 4.78 is 15.7. The van der Waals surface area contributed by atoms with Crippen LogP contribution in [0, 0.1) is 0 Å². The van der Waals surface area contributed by atoms with E-state index in [-0.39, 0.29) is 12.2 Å². The standard InChI is InChI=1S/C13H26O5/c1-5-7-8-12(18-13(14)15)10(3)17-9-11(6-2)16-4/h10-12H,5-9H2,1-4H3,(H,14,15). The number of carbonyl (C=O) groups is 1. The quantitative estimate of drug-likeness (QED) is 0.613. The molecule has 0 aromatic heterocycles. The molecule has 0 aromatic carbocycles. The van der Waals surface area contributed by atoms with Crippen LogP contribution in [0.15, 0.2) is 0 Å². The van der Waals surface area contributed by atoms with E-state index in [1.807, 2.05) is 13.8 Å². The third-order valence-electron chi connectivity index (χ3n) is 2.95. The van der Waals surface area contributed by atoms with Crippen LogP contribution in [0.25, 0.3) is 0 Å². The Hall–Kier alpha value is -0.810. The molecular weight excluding hydrogens is 236 g/mol. The van der Waals surface area contributed by atoms with Crippen molar-refractivity contribution >= 4 is 6.16 Å². The van der Waals surface area contributed by atoms with Crippen molar-refractivity contribution in [3.8, 4) is 0 Å². The molecule has 5 heteroatoms. The summed E-state index contributed by atoms with van der Waals surface area (Å²) in [5.41, 5.74) is 0. The van der Waals surface area contributed by atoms with Gasteiger partial charge in [0.2, 0.25) is 0 Å². The van der Waals surface area contributed by atoms with Gasteiger partial charge in [0.05, 0.1) is 18.8 Å². The fourth-order valence-corrected chi connectivity index (χ4v) is 1.64. The van der Waals surface area contributed by atoms with Crippen LogP contribution in [0.3, 0.4) is 0 Å². The third kappa shape index (κ3) is 7.50. The normalized spacial score (nSPS) is 16.0. The molecule has 0 amide bonds. The number of hydrogen-bond acceptors (Lipinski definition) is 4. The lowest BCUT2D eigenvalue weighted by Crippen LogP contribution is -2.33. The first-order valence-corrected chi connectivity index (χ1v) is 6.59. The first-order valence-electron chi connectivity index (χ1n) is 6.59. The van der Waals surface area contributed by atoms with E-state index in [1.165, 1.54) is 0 Å². The molecule has 0 aliphatic rings. The molecular formula is C13H26O5. The van der Waals surface area contributed by atoms with Gasteiger partial charge in [0, 0.05) is 7.11 Å². The summed E-state index contributed by atoms with van der Waals surface area (Å²) in [6.07, 6.45) is 1.62. The van der Waals surface area contributed by atoms with E-state index < -0.39 is 12.3 Å². The highest BCUT2D eigenvalue weighted by molar-refractivity contribution is 5.57. The third-order valence-corrected chi connectivity index (χ3v) is 2.95. The van der Waals surface area contributed by atoms with Crippen LogP contribution in [0.1, 0.15) is 46.5 Å². The topological polar surface area (TPSA) is 65.0 Å². The van der Waals surface area contributed by atoms with Crippen LogP contribution >= 0.6 is 0 Å². The van der Waals surface area contributed by atoms with E-state index in [2.05, 4.69) is 6.92 Å². The van der Waals surface area contributed by atoms with Crippen LogP contribution in [-0.4, -0.2) is 43.3 Å². The number of carboxylic acid groups (broad SMARTS) is 1. The zero-order chi connectivity index (χ0) is 14.0. The Morgan fingerprint density at radius 1 is 1.33 bits per heavy atom. The highest BCUT2D eigenvalue weighted by atomic mass is 16.7. The van der Waals surface area contributed by atoms with Crippen LogP contribution in [0.2, 0.25) is 0 Å². The molecule has 0 spiro atoms. The van der Waals surface area contributed by atoms with Crippen molar-refractivity contribution in [1.29, 1.82) is 0 Å². The molecule has 108 valence electrons. The maximum absolute atomic E-state index is 10.6. The predicted molar refractivity (Wildman–Crippen MR) is 68.9 cm³/mol. The molecule has 3 unspecified atom stereocenters. The van der Waals surface area contributed by atoms with Crippen molar-refractivity contribution in [3.05, 3.63) is 0 Å². The van der Waals surface area contributed by atoms with Crippen LogP contribution in [-0.2, 0) is 14.2 Å². The maximum Gasteiger partial charge on any atom is 0.506 e. The molecule has 1 N–H and O–H groups in total. The minimum absolute atomic E-state index is 0.0455. The predicted octanol–water partition coefficient (Wildman–Crippen LogP) is 3.07. The smallest absolute Gasteiger partial charge is 0.450 e. The van der Waals surface area contributed by atoms with Crippen molar-refractivity contribution < 1.29 is 24.1 Å².